The molecule has 1 aliphatic carbocycles. The highest BCUT2D eigenvalue weighted by Crippen LogP contribution is 2.41. The van der Waals surface area contributed by atoms with Crippen LogP contribution >= 0.6 is 0 Å². The van der Waals surface area contributed by atoms with Gasteiger partial charge in [0.1, 0.15) is 17.6 Å². The molecule has 0 radical (unpaired) electrons. The average molecular weight is 505 g/mol. The molecule has 2 aromatic carbocycles. The van der Waals surface area contributed by atoms with Crippen LogP contribution in [0.3, 0.4) is 0 Å². The zero-order valence-electron chi connectivity index (χ0n) is 20.3. The lowest BCUT2D eigenvalue weighted by molar-refractivity contribution is 0.105. The highest BCUT2D eigenvalue weighted by Gasteiger charge is 2.46. The summed E-state index contributed by atoms with van der Waals surface area (Å²) in [6, 6.07) is 15.3. The van der Waals surface area contributed by atoms with Crippen LogP contribution in [-0.4, -0.2) is 68.6 Å². The van der Waals surface area contributed by atoms with Gasteiger partial charge in [-0.2, -0.15) is 9.65 Å². The summed E-state index contributed by atoms with van der Waals surface area (Å²) in [4.78, 5) is 7.55. The number of benzene rings is 2. The van der Waals surface area contributed by atoms with E-state index < -0.39 is 10.2 Å². The van der Waals surface area contributed by atoms with Gasteiger partial charge in [-0.15, -0.1) is 0 Å². The second-order valence-electron chi connectivity index (χ2n) is 9.84. The molecule has 4 aromatic rings. The van der Waals surface area contributed by atoms with Crippen LogP contribution in [0.1, 0.15) is 12.8 Å². The molecular weight excluding hydrogens is 474 g/mol. The lowest BCUT2D eigenvalue weighted by Gasteiger charge is -2.31. The Labute approximate surface area is 211 Å². The molecule has 3 heterocycles. The molecule has 2 aromatic heterocycles. The van der Waals surface area contributed by atoms with Crippen molar-refractivity contribution in [2.45, 2.75) is 23.3 Å². The maximum atomic E-state index is 12.1. The van der Waals surface area contributed by atoms with Crippen LogP contribution in [0, 0.1) is 0 Å². The first-order valence-corrected chi connectivity index (χ1v) is 14.2. The molecule has 0 bridgehead atoms. The summed E-state index contributed by atoms with van der Waals surface area (Å²) in [7, 11) is -3.04. The fraction of sp³-hybridized carbons (Fsp3) is 0.333. The topological polar surface area (TPSA) is 92.0 Å². The Morgan fingerprint density at radius 1 is 1.06 bits per heavy atom. The van der Waals surface area contributed by atoms with E-state index >= 15 is 0 Å². The molecule has 8 nitrogen and oxygen atoms in total. The molecule has 2 aliphatic rings. The molecule has 6 rings (SSSR count). The SMILES string of the molecule is C[S+](=O)(O)c1cccc(-c2cnn3cc(-c4ccc(OC5(CN6CCNCC6)CC5)cc4)cnc23)c1. The van der Waals surface area contributed by atoms with Gasteiger partial charge in [-0.05, 0) is 42.2 Å². The van der Waals surface area contributed by atoms with Gasteiger partial charge in [0.15, 0.2) is 10.5 Å². The Balaban J connectivity index is 1.19. The molecule has 36 heavy (non-hydrogen) atoms. The summed E-state index contributed by atoms with van der Waals surface area (Å²) in [5.74, 6) is 0.901. The fourth-order valence-electron chi connectivity index (χ4n) is 4.80. The molecule has 9 heteroatoms. The molecule has 2 N–H and O–H groups in total. The molecule has 0 amide bonds. The van der Waals surface area contributed by atoms with Crippen LogP contribution in [0.15, 0.2) is 72.0 Å². The highest BCUT2D eigenvalue weighted by molar-refractivity contribution is 7.97. The van der Waals surface area contributed by atoms with E-state index in [0.29, 0.717) is 10.5 Å². The van der Waals surface area contributed by atoms with Crippen molar-refractivity contribution in [3.63, 3.8) is 0 Å². The summed E-state index contributed by atoms with van der Waals surface area (Å²) in [5, 5.41) is 7.90. The third-order valence-corrected chi connectivity index (χ3v) is 8.12. The molecule has 186 valence electrons. The molecule has 1 saturated carbocycles. The van der Waals surface area contributed by atoms with Crippen molar-refractivity contribution in [2.75, 3.05) is 39.0 Å². The van der Waals surface area contributed by atoms with Crippen molar-refractivity contribution >= 4 is 15.9 Å². The third kappa shape index (κ3) is 4.79. The summed E-state index contributed by atoms with van der Waals surface area (Å²) >= 11 is 0. The Hall–Kier alpha value is -3.11. The van der Waals surface area contributed by atoms with Gasteiger partial charge in [-0.25, -0.2) is 9.50 Å². The first-order valence-electron chi connectivity index (χ1n) is 12.3. The maximum absolute atomic E-state index is 12.1. The van der Waals surface area contributed by atoms with Crippen molar-refractivity contribution in [1.82, 2.24) is 24.8 Å². The largest absolute Gasteiger partial charge is 0.486 e. The van der Waals surface area contributed by atoms with E-state index in [9.17, 15) is 8.76 Å². The molecule has 1 unspecified atom stereocenters. The van der Waals surface area contributed by atoms with Crippen LogP contribution in [-0.2, 0) is 14.4 Å². The van der Waals surface area contributed by atoms with Crippen molar-refractivity contribution < 1.29 is 13.5 Å². The van der Waals surface area contributed by atoms with Crippen LogP contribution < -0.4 is 10.1 Å². The second-order valence-corrected chi connectivity index (χ2v) is 11.9. The van der Waals surface area contributed by atoms with Gasteiger partial charge < -0.3 is 10.1 Å². The molecule has 2 fully saturated rings. The number of nitrogens with zero attached hydrogens (tertiary/aromatic N) is 4. The van der Waals surface area contributed by atoms with E-state index in [0.717, 1.165) is 73.6 Å². The van der Waals surface area contributed by atoms with E-state index in [1.54, 1.807) is 28.9 Å². The summed E-state index contributed by atoms with van der Waals surface area (Å²) < 4.78 is 30.2. The number of rotatable bonds is 7. The Kier molecular flexibility index (Phi) is 5.88. The first-order chi connectivity index (χ1) is 17.4. The van der Waals surface area contributed by atoms with Gasteiger partial charge in [0, 0.05) is 62.3 Å². The number of hydrogen-bond donors (Lipinski definition) is 2. The third-order valence-electron chi connectivity index (χ3n) is 6.99. The zero-order valence-corrected chi connectivity index (χ0v) is 21.1. The number of nitrogens with one attached hydrogen (secondary N) is 1. The lowest BCUT2D eigenvalue weighted by Crippen LogP contribution is -2.48. The second kappa shape index (κ2) is 9.08. The van der Waals surface area contributed by atoms with Crippen LogP contribution in [0.5, 0.6) is 5.75 Å². The van der Waals surface area contributed by atoms with Crippen LogP contribution in [0.4, 0.5) is 0 Å². The monoisotopic (exact) mass is 504 g/mol. The van der Waals surface area contributed by atoms with Gasteiger partial charge in [0.2, 0.25) is 10.2 Å². The van der Waals surface area contributed by atoms with Gasteiger partial charge in [-0.1, -0.05) is 28.5 Å². The maximum Gasteiger partial charge on any atom is 0.244 e. The average Bonchev–Trinajstić information content (AvgIpc) is 3.49. The predicted molar refractivity (Wildman–Crippen MR) is 141 cm³/mol. The van der Waals surface area contributed by atoms with Crippen LogP contribution in [0.2, 0.25) is 0 Å². The van der Waals surface area contributed by atoms with E-state index in [2.05, 4.69) is 32.4 Å². The lowest BCUT2D eigenvalue weighted by atomic mass is 10.1. The van der Waals surface area contributed by atoms with Crippen molar-refractivity contribution in [2.24, 2.45) is 0 Å². The van der Waals surface area contributed by atoms with Gasteiger partial charge in [0.25, 0.3) is 0 Å². The minimum Gasteiger partial charge on any atom is -0.486 e. The quantitative estimate of drug-likeness (QED) is 0.370. The number of aromatic nitrogens is 3. The number of fused-ring (bicyclic) bond motifs is 1. The highest BCUT2D eigenvalue weighted by atomic mass is 32.3. The van der Waals surface area contributed by atoms with E-state index in [1.807, 2.05) is 30.6 Å². The molecule has 1 saturated heterocycles. The van der Waals surface area contributed by atoms with Crippen molar-refractivity contribution in [1.29, 1.82) is 0 Å². The normalized spacial score (nSPS) is 19.2. The Morgan fingerprint density at radius 3 is 2.56 bits per heavy atom. The van der Waals surface area contributed by atoms with Crippen molar-refractivity contribution in [3.8, 4) is 28.0 Å². The molecular formula is C27H30N5O3S+. The van der Waals surface area contributed by atoms with E-state index in [4.69, 9.17) is 4.74 Å². The Bertz CT molecular complexity index is 1440. The minimum atomic E-state index is -3.04. The standard InChI is InChI=1S/C27H29N5O3S/c1-36(33,34)24-4-2-3-21(15-24)25-17-30-32-18-22(16-29-26(25)32)20-5-7-23(8-6-20)35-27(9-10-27)19-31-13-11-28-12-14-31/h2-8,15-18,28H,9-14,19H2,1H3/p+1. The van der Waals surface area contributed by atoms with Gasteiger partial charge in [-0.3, -0.25) is 4.90 Å². The minimum absolute atomic E-state index is 0.0386. The first kappa shape index (κ1) is 23.3. The Morgan fingerprint density at radius 2 is 1.83 bits per heavy atom. The molecule has 1 aliphatic heterocycles. The van der Waals surface area contributed by atoms with Crippen LogP contribution in [0.25, 0.3) is 27.9 Å². The number of piperazine rings is 1. The smallest absolute Gasteiger partial charge is 0.244 e. The van der Waals surface area contributed by atoms with E-state index in [-0.39, 0.29) is 5.60 Å². The number of ether oxygens (including phenoxy) is 1. The summed E-state index contributed by atoms with van der Waals surface area (Å²) in [6.45, 7) is 5.27. The molecule has 0 spiro atoms. The number of hydrogen-bond acceptors (Lipinski definition) is 6. The van der Waals surface area contributed by atoms with Gasteiger partial charge >= 0.3 is 0 Å². The van der Waals surface area contributed by atoms with E-state index in [1.165, 1.54) is 6.26 Å². The fourth-order valence-corrected chi connectivity index (χ4v) is 5.48. The summed E-state index contributed by atoms with van der Waals surface area (Å²) in [5.41, 5.74) is 4.26. The predicted octanol–water partition coefficient (Wildman–Crippen LogP) is 3.84. The van der Waals surface area contributed by atoms with Gasteiger partial charge in [0.05, 0.1) is 6.20 Å². The summed E-state index contributed by atoms with van der Waals surface area (Å²) in [6.07, 6.45) is 9.06. The zero-order chi connectivity index (χ0) is 24.8. The molecule has 1 atom stereocenters. The van der Waals surface area contributed by atoms with Crippen molar-refractivity contribution in [3.05, 3.63) is 67.1 Å².